The number of hydrogen-bond donors (Lipinski definition) is 0. The van der Waals surface area contributed by atoms with Crippen LogP contribution in [0.2, 0.25) is 0 Å². The summed E-state index contributed by atoms with van der Waals surface area (Å²) in [6, 6.07) is 0. The smallest absolute Gasteiger partial charge is 0.306 e. The molecule has 0 fully saturated rings. The molecule has 4 nitrogen and oxygen atoms in total. The van der Waals surface area contributed by atoms with E-state index in [0.717, 1.165) is 51.4 Å². The molecule has 0 aliphatic rings. The van der Waals surface area contributed by atoms with E-state index in [2.05, 4.69) is 20.8 Å². The summed E-state index contributed by atoms with van der Waals surface area (Å²) in [5.41, 5.74) is 0. The number of hydrogen-bond acceptors (Lipinski definition) is 4. The van der Waals surface area contributed by atoms with Gasteiger partial charge in [-0.05, 0) is 38.5 Å². The van der Waals surface area contributed by atoms with Crippen molar-refractivity contribution in [2.45, 2.75) is 175 Å². The molecular formula is C31H60O4. The lowest BCUT2D eigenvalue weighted by atomic mass is 10.0. The number of unbranched alkanes of at least 4 members (excludes halogenated alkanes) is 17. The van der Waals surface area contributed by atoms with Crippen LogP contribution in [0.25, 0.3) is 0 Å². The van der Waals surface area contributed by atoms with Gasteiger partial charge in [0.1, 0.15) is 0 Å². The molecule has 1 atom stereocenters. The molecule has 0 bridgehead atoms. The van der Waals surface area contributed by atoms with Crippen LogP contribution in [-0.2, 0) is 19.1 Å². The van der Waals surface area contributed by atoms with Gasteiger partial charge in [-0.15, -0.1) is 0 Å². The Labute approximate surface area is 218 Å². The Morgan fingerprint density at radius 2 is 0.943 bits per heavy atom. The standard InChI is InChI=1S/C31H60O4/c1-5-6-7-8-9-10-11-12-13-14-17-20-23-26-34-30(32)24-21-18-15-16-19-22-25-31(33)35-29(4)27-28(2)3/h28-29H,5-27H2,1-4H3. The predicted molar refractivity (Wildman–Crippen MR) is 149 cm³/mol. The van der Waals surface area contributed by atoms with Crippen LogP contribution in [0.3, 0.4) is 0 Å². The lowest BCUT2D eigenvalue weighted by molar-refractivity contribution is -0.149. The summed E-state index contributed by atoms with van der Waals surface area (Å²) in [4.78, 5) is 23.7. The van der Waals surface area contributed by atoms with E-state index in [-0.39, 0.29) is 18.0 Å². The Hall–Kier alpha value is -1.06. The molecule has 0 amide bonds. The van der Waals surface area contributed by atoms with E-state index in [1.165, 1.54) is 77.0 Å². The monoisotopic (exact) mass is 496 g/mol. The van der Waals surface area contributed by atoms with Crippen molar-refractivity contribution in [2.24, 2.45) is 5.92 Å². The average molecular weight is 497 g/mol. The van der Waals surface area contributed by atoms with Crippen LogP contribution in [-0.4, -0.2) is 24.6 Å². The van der Waals surface area contributed by atoms with Crippen molar-refractivity contribution < 1.29 is 19.1 Å². The van der Waals surface area contributed by atoms with Gasteiger partial charge >= 0.3 is 11.9 Å². The molecule has 4 heteroatoms. The first-order chi connectivity index (χ1) is 17.0. The summed E-state index contributed by atoms with van der Waals surface area (Å²) in [6.07, 6.45) is 25.5. The summed E-state index contributed by atoms with van der Waals surface area (Å²) in [6.45, 7) is 9.12. The predicted octanol–water partition coefficient (Wildman–Crippen LogP) is 9.72. The molecular weight excluding hydrogens is 436 g/mol. The van der Waals surface area contributed by atoms with Gasteiger partial charge in [-0.1, -0.05) is 124 Å². The molecule has 0 rings (SSSR count). The third-order valence-electron chi connectivity index (χ3n) is 6.66. The normalized spacial score (nSPS) is 12.1. The second-order valence-corrected chi connectivity index (χ2v) is 11.0. The van der Waals surface area contributed by atoms with Gasteiger partial charge in [0.2, 0.25) is 0 Å². The van der Waals surface area contributed by atoms with Crippen LogP contribution in [0, 0.1) is 5.92 Å². The van der Waals surface area contributed by atoms with Gasteiger partial charge in [0, 0.05) is 12.8 Å². The summed E-state index contributed by atoms with van der Waals surface area (Å²) >= 11 is 0. The molecule has 35 heavy (non-hydrogen) atoms. The van der Waals surface area contributed by atoms with Crippen LogP contribution in [0.5, 0.6) is 0 Å². The first-order valence-corrected chi connectivity index (χ1v) is 15.3. The van der Waals surface area contributed by atoms with Crippen LogP contribution in [0.4, 0.5) is 0 Å². The molecule has 0 aliphatic carbocycles. The van der Waals surface area contributed by atoms with Crippen LogP contribution in [0.1, 0.15) is 169 Å². The SMILES string of the molecule is CCCCCCCCCCCCCCCOC(=O)CCCCCCCCC(=O)OC(C)CC(C)C. The van der Waals surface area contributed by atoms with E-state index in [1.807, 2.05) is 6.92 Å². The molecule has 0 aliphatic heterocycles. The first kappa shape index (κ1) is 33.9. The number of rotatable bonds is 26. The van der Waals surface area contributed by atoms with Crippen LogP contribution in [0.15, 0.2) is 0 Å². The van der Waals surface area contributed by atoms with Gasteiger partial charge in [-0.2, -0.15) is 0 Å². The van der Waals surface area contributed by atoms with E-state index in [4.69, 9.17) is 9.47 Å². The highest BCUT2D eigenvalue weighted by Crippen LogP contribution is 2.14. The van der Waals surface area contributed by atoms with Gasteiger partial charge in [0.05, 0.1) is 12.7 Å². The quantitative estimate of drug-likeness (QED) is 0.0883. The first-order valence-electron chi connectivity index (χ1n) is 15.3. The van der Waals surface area contributed by atoms with Crippen molar-refractivity contribution >= 4 is 11.9 Å². The number of carbonyl (C=O) groups is 2. The molecule has 0 aromatic rings. The summed E-state index contributed by atoms with van der Waals surface area (Å²) in [5.74, 6) is 0.445. The minimum Gasteiger partial charge on any atom is -0.466 e. The Morgan fingerprint density at radius 3 is 1.40 bits per heavy atom. The van der Waals surface area contributed by atoms with Crippen molar-refractivity contribution in [3.8, 4) is 0 Å². The highest BCUT2D eigenvalue weighted by atomic mass is 16.5. The largest absolute Gasteiger partial charge is 0.466 e. The van der Waals surface area contributed by atoms with E-state index in [1.54, 1.807) is 0 Å². The molecule has 0 N–H and O–H groups in total. The third kappa shape index (κ3) is 27.4. The van der Waals surface area contributed by atoms with Crippen molar-refractivity contribution in [1.29, 1.82) is 0 Å². The molecule has 0 aromatic carbocycles. The molecule has 0 saturated heterocycles. The maximum absolute atomic E-state index is 11.9. The molecule has 0 radical (unpaired) electrons. The van der Waals surface area contributed by atoms with Gasteiger partial charge in [-0.25, -0.2) is 0 Å². The van der Waals surface area contributed by atoms with E-state index < -0.39 is 0 Å². The van der Waals surface area contributed by atoms with Crippen molar-refractivity contribution in [3.63, 3.8) is 0 Å². The van der Waals surface area contributed by atoms with Gasteiger partial charge in [-0.3, -0.25) is 9.59 Å². The topological polar surface area (TPSA) is 52.6 Å². The van der Waals surface area contributed by atoms with E-state index >= 15 is 0 Å². The van der Waals surface area contributed by atoms with E-state index in [9.17, 15) is 9.59 Å². The van der Waals surface area contributed by atoms with Gasteiger partial charge < -0.3 is 9.47 Å². The molecule has 0 saturated carbocycles. The number of ether oxygens (including phenoxy) is 2. The summed E-state index contributed by atoms with van der Waals surface area (Å²) in [7, 11) is 0. The number of esters is 2. The second-order valence-electron chi connectivity index (χ2n) is 11.0. The zero-order valence-corrected chi connectivity index (χ0v) is 24.1. The zero-order chi connectivity index (χ0) is 26.0. The highest BCUT2D eigenvalue weighted by molar-refractivity contribution is 5.69. The summed E-state index contributed by atoms with van der Waals surface area (Å²) < 4.78 is 10.8. The lowest BCUT2D eigenvalue weighted by Crippen LogP contribution is -2.16. The van der Waals surface area contributed by atoms with Gasteiger partial charge in [0.15, 0.2) is 0 Å². The van der Waals surface area contributed by atoms with Crippen molar-refractivity contribution in [3.05, 3.63) is 0 Å². The van der Waals surface area contributed by atoms with Crippen molar-refractivity contribution in [1.82, 2.24) is 0 Å². The molecule has 208 valence electrons. The van der Waals surface area contributed by atoms with Crippen LogP contribution >= 0.6 is 0 Å². The fraction of sp³-hybridized carbons (Fsp3) is 0.935. The Morgan fingerprint density at radius 1 is 0.543 bits per heavy atom. The van der Waals surface area contributed by atoms with E-state index in [0.29, 0.717) is 25.4 Å². The molecule has 0 aromatic heterocycles. The fourth-order valence-corrected chi connectivity index (χ4v) is 4.62. The Bertz CT molecular complexity index is 475. The van der Waals surface area contributed by atoms with Gasteiger partial charge in [0.25, 0.3) is 0 Å². The minimum atomic E-state index is -0.0654. The Balaban J connectivity index is 3.29. The number of carbonyl (C=O) groups excluding carboxylic acids is 2. The maximum Gasteiger partial charge on any atom is 0.306 e. The highest BCUT2D eigenvalue weighted by Gasteiger charge is 2.10. The minimum absolute atomic E-state index is 0.0202. The molecule has 0 heterocycles. The van der Waals surface area contributed by atoms with Crippen molar-refractivity contribution in [2.75, 3.05) is 6.61 Å². The molecule has 0 spiro atoms. The maximum atomic E-state index is 11.9. The average Bonchev–Trinajstić information content (AvgIpc) is 2.80. The fourth-order valence-electron chi connectivity index (χ4n) is 4.62. The lowest BCUT2D eigenvalue weighted by Gasteiger charge is -2.15. The summed E-state index contributed by atoms with van der Waals surface area (Å²) in [5, 5.41) is 0. The Kier molecular flexibility index (Phi) is 25.2. The van der Waals surface area contributed by atoms with Crippen LogP contribution < -0.4 is 0 Å². The third-order valence-corrected chi connectivity index (χ3v) is 6.66. The molecule has 1 unspecified atom stereocenters. The zero-order valence-electron chi connectivity index (χ0n) is 24.1. The second kappa shape index (κ2) is 26.0.